The normalized spacial score (nSPS) is 33.9. The summed E-state index contributed by atoms with van der Waals surface area (Å²) in [6, 6.07) is -0.793. The number of aliphatic carboxylic acids is 1. The predicted octanol–water partition coefficient (Wildman–Crippen LogP) is 1.88. The van der Waals surface area contributed by atoms with Gasteiger partial charge in [-0.1, -0.05) is 13.8 Å². The van der Waals surface area contributed by atoms with Crippen LogP contribution in [-0.4, -0.2) is 53.1 Å². The largest absolute Gasteiger partial charge is 0.480 e. The lowest BCUT2D eigenvalue weighted by atomic mass is 9.91. The summed E-state index contributed by atoms with van der Waals surface area (Å²) in [6.07, 6.45) is 2.95. The van der Waals surface area contributed by atoms with Crippen molar-refractivity contribution in [2.45, 2.75) is 39.2 Å². The maximum Gasteiger partial charge on any atom is 0.326 e. The zero-order chi connectivity index (χ0) is 14.2. The van der Waals surface area contributed by atoms with Crippen molar-refractivity contribution in [1.82, 2.24) is 9.80 Å². The number of likely N-dealkylation sites (tertiary alicyclic amines) is 1. The standard InChI is InChI=1S/C14H24N2O3/c1-9-5-4-6-16(12(9)13(17)18)14(19)15(3)8-11-7-10(11)2/h9-12H,4-8H2,1-3H3,(H,17,18). The highest BCUT2D eigenvalue weighted by Crippen LogP contribution is 2.38. The van der Waals surface area contributed by atoms with Crippen LogP contribution >= 0.6 is 0 Å². The quantitative estimate of drug-likeness (QED) is 0.850. The molecule has 2 rings (SSSR count). The van der Waals surface area contributed by atoms with Crippen LogP contribution in [0.3, 0.4) is 0 Å². The Morgan fingerprint density at radius 3 is 2.47 bits per heavy atom. The number of carbonyl (C=O) groups is 2. The lowest BCUT2D eigenvalue weighted by molar-refractivity contribution is -0.145. The van der Waals surface area contributed by atoms with Gasteiger partial charge < -0.3 is 14.9 Å². The molecule has 1 N–H and O–H groups in total. The zero-order valence-corrected chi connectivity index (χ0v) is 12.0. The Hall–Kier alpha value is -1.26. The van der Waals surface area contributed by atoms with Crippen molar-refractivity contribution in [2.75, 3.05) is 20.1 Å². The average molecular weight is 268 g/mol. The van der Waals surface area contributed by atoms with E-state index >= 15 is 0 Å². The maximum atomic E-state index is 12.4. The molecule has 0 spiro atoms. The highest BCUT2D eigenvalue weighted by Gasteiger charge is 2.40. The predicted molar refractivity (Wildman–Crippen MR) is 71.8 cm³/mol. The van der Waals surface area contributed by atoms with E-state index in [1.807, 2.05) is 6.92 Å². The van der Waals surface area contributed by atoms with Gasteiger partial charge in [0.2, 0.25) is 0 Å². The topological polar surface area (TPSA) is 60.9 Å². The molecule has 2 amide bonds. The lowest BCUT2D eigenvalue weighted by Crippen LogP contribution is -2.55. The molecule has 1 aliphatic carbocycles. The summed E-state index contributed by atoms with van der Waals surface area (Å²) in [4.78, 5) is 27.0. The maximum absolute atomic E-state index is 12.4. The van der Waals surface area contributed by atoms with Crippen LogP contribution in [0.2, 0.25) is 0 Å². The van der Waals surface area contributed by atoms with Crippen LogP contribution < -0.4 is 0 Å². The number of rotatable bonds is 3. The van der Waals surface area contributed by atoms with E-state index < -0.39 is 12.0 Å². The first-order chi connectivity index (χ1) is 8.91. The van der Waals surface area contributed by atoms with E-state index in [9.17, 15) is 14.7 Å². The summed E-state index contributed by atoms with van der Waals surface area (Å²) in [5.74, 6) is 0.447. The molecule has 4 unspecified atom stereocenters. The van der Waals surface area contributed by atoms with Crippen molar-refractivity contribution >= 4 is 12.0 Å². The lowest BCUT2D eigenvalue weighted by Gasteiger charge is -2.39. The molecule has 1 aliphatic heterocycles. The molecule has 2 aliphatic rings. The highest BCUT2D eigenvalue weighted by molar-refractivity contribution is 5.83. The Labute approximate surface area is 114 Å². The fraction of sp³-hybridized carbons (Fsp3) is 0.857. The summed E-state index contributed by atoms with van der Waals surface area (Å²) in [5, 5.41) is 9.33. The van der Waals surface area contributed by atoms with Crippen molar-refractivity contribution in [3.63, 3.8) is 0 Å². The van der Waals surface area contributed by atoms with Crippen LogP contribution in [0.4, 0.5) is 4.79 Å². The number of carboxylic acids is 1. The van der Waals surface area contributed by atoms with E-state index in [0.717, 1.165) is 19.4 Å². The van der Waals surface area contributed by atoms with Crippen LogP contribution in [0.25, 0.3) is 0 Å². The molecular weight excluding hydrogens is 244 g/mol. The summed E-state index contributed by atoms with van der Waals surface area (Å²) < 4.78 is 0. The minimum Gasteiger partial charge on any atom is -0.480 e. The number of piperidine rings is 1. The van der Waals surface area contributed by atoms with Crippen molar-refractivity contribution in [3.8, 4) is 0 Å². The molecule has 4 atom stereocenters. The van der Waals surface area contributed by atoms with Crippen molar-refractivity contribution < 1.29 is 14.7 Å². The SMILES string of the molecule is CC1CC1CN(C)C(=O)N1CCCC(C)C1C(=O)O. The Morgan fingerprint density at radius 1 is 1.32 bits per heavy atom. The number of nitrogens with zero attached hydrogens (tertiary/aromatic N) is 2. The second kappa shape index (κ2) is 5.39. The highest BCUT2D eigenvalue weighted by atomic mass is 16.4. The molecule has 1 saturated heterocycles. The van der Waals surface area contributed by atoms with Crippen LogP contribution in [0.5, 0.6) is 0 Å². The fourth-order valence-corrected chi connectivity index (χ4v) is 3.08. The molecule has 0 aromatic rings. The van der Waals surface area contributed by atoms with Crippen LogP contribution in [0.15, 0.2) is 0 Å². The second-order valence-electron chi connectivity index (χ2n) is 6.23. The van der Waals surface area contributed by atoms with Gasteiger partial charge in [-0.3, -0.25) is 0 Å². The van der Waals surface area contributed by atoms with Gasteiger partial charge in [-0.25, -0.2) is 9.59 Å². The first kappa shape index (κ1) is 14.2. The van der Waals surface area contributed by atoms with Gasteiger partial charge in [0, 0.05) is 20.1 Å². The van der Waals surface area contributed by atoms with Gasteiger partial charge in [0.15, 0.2) is 0 Å². The smallest absolute Gasteiger partial charge is 0.326 e. The first-order valence-electron chi connectivity index (χ1n) is 7.16. The van der Waals surface area contributed by atoms with Gasteiger partial charge in [-0.05, 0) is 37.0 Å². The monoisotopic (exact) mass is 268 g/mol. The molecule has 2 fully saturated rings. The number of hydrogen-bond acceptors (Lipinski definition) is 2. The van der Waals surface area contributed by atoms with Gasteiger partial charge in [-0.2, -0.15) is 0 Å². The number of carboxylic acid groups (broad SMARTS) is 1. The van der Waals surface area contributed by atoms with Crippen LogP contribution in [0, 0.1) is 17.8 Å². The first-order valence-corrected chi connectivity index (χ1v) is 7.16. The Bertz CT molecular complexity index is 372. The Balaban J connectivity index is 2.00. The summed E-state index contributed by atoms with van der Waals surface area (Å²) >= 11 is 0. The van der Waals surface area contributed by atoms with E-state index in [0.29, 0.717) is 18.4 Å². The van der Waals surface area contributed by atoms with Crippen molar-refractivity contribution in [3.05, 3.63) is 0 Å². The molecule has 1 heterocycles. The van der Waals surface area contributed by atoms with E-state index in [1.54, 1.807) is 16.8 Å². The van der Waals surface area contributed by atoms with E-state index in [4.69, 9.17) is 0 Å². The van der Waals surface area contributed by atoms with Gasteiger partial charge >= 0.3 is 12.0 Å². The number of carbonyl (C=O) groups excluding carboxylic acids is 1. The van der Waals surface area contributed by atoms with Crippen LogP contribution in [0.1, 0.15) is 33.1 Å². The van der Waals surface area contributed by atoms with E-state index in [1.165, 1.54) is 6.42 Å². The molecule has 0 aromatic heterocycles. The van der Waals surface area contributed by atoms with Gasteiger partial charge in [0.1, 0.15) is 6.04 Å². The number of hydrogen-bond donors (Lipinski definition) is 1. The molecule has 19 heavy (non-hydrogen) atoms. The van der Waals surface area contributed by atoms with Crippen molar-refractivity contribution in [1.29, 1.82) is 0 Å². The molecule has 0 bridgehead atoms. The zero-order valence-electron chi connectivity index (χ0n) is 12.0. The summed E-state index contributed by atoms with van der Waals surface area (Å²) in [5.41, 5.74) is 0. The van der Waals surface area contributed by atoms with E-state index in [2.05, 4.69) is 6.92 Å². The molecular formula is C14H24N2O3. The number of amides is 2. The van der Waals surface area contributed by atoms with Gasteiger partial charge in [0.25, 0.3) is 0 Å². The third-order valence-electron chi connectivity index (χ3n) is 4.54. The molecule has 5 nitrogen and oxygen atoms in total. The van der Waals surface area contributed by atoms with Gasteiger partial charge in [0.05, 0.1) is 0 Å². The second-order valence-corrected chi connectivity index (χ2v) is 6.23. The number of urea groups is 1. The van der Waals surface area contributed by atoms with Crippen LogP contribution in [-0.2, 0) is 4.79 Å². The minimum absolute atomic E-state index is 0.0310. The third-order valence-corrected chi connectivity index (χ3v) is 4.54. The molecule has 0 radical (unpaired) electrons. The minimum atomic E-state index is -0.881. The molecule has 5 heteroatoms. The molecule has 108 valence electrons. The van der Waals surface area contributed by atoms with Gasteiger partial charge in [-0.15, -0.1) is 0 Å². The summed E-state index contributed by atoms with van der Waals surface area (Å²) in [7, 11) is 1.78. The van der Waals surface area contributed by atoms with Crippen molar-refractivity contribution in [2.24, 2.45) is 17.8 Å². The fourth-order valence-electron chi connectivity index (χ4n) is 3.08. The Morgan fingerprint density at radius 2 is 1.95 bits per heavy atom. The molecule has 0 aromatic carbocycles. The third kappa shape index (κ3) is 3.01. The average Bonchev–Trinajstić information content (AvgIpc) is 3.02. The van der Waals surface area contributed by atoms with E-state index in [-0.39, 0.29) is 11.9 Å². The summed E-state index contributed by atoms with van der Waals surface area (Å²) in [6.45, 7) is 5.41. The molecule has 1 saturated carbocycles. The Kier molecular flexibility index (Phi) is 4.02.